The van der Waals surface area contributed by atoms with E-state index in [1.807, 2.05) is 0 Å². The predicted octanol–water partition coefficient (Wildman–Crippen LogP) is 0.678. The summed E-state index contributed by atoms with van der Waals surface area (Å²) in [7, 11) is 0. The average molecular weight is 88.1 g/mol. The normalized spacial score (nSPS) is 20.0. The van der Waals surface area contributed by atoms with Gasteiger partial charge in [-0.3, -0.25) is 0 Å². The van der Waals surface area contributed by atoms with E-state index in [1.54, 1.807) is 0 Å². The van der Waals surface area contributed by atoms with Crippen molar-refractivity contribution in [3.63, 3.8) is 0 Å². The molecule has 2 radical (unpaired) electrons. The number of hydrogen-bond donors (Lipinski definition) is 0. The van der Waals surface area contributed by atoms with Crippen LogP contribution in [0.1, 0.15) is 12.8 Å². The zero-order valence-electron chi connectivity index (χ0n) is 3.64. The van der Waals surface area contributed by atoms with Crippen LogP contribution in [0, 0.1) is 0 Å². The minimum absolute atomic E-state index is 0. The average Bonchev–Trinajstić information content (AvgIpc) is 1.76. The molecule has 1 aliphatic heterocycles. The van der Waals surface area contributed by atoms with E-state index in [4.69, 9.17) is 4.74 Å². The molecular weight excluding hydrogens is 80.0 g/mol. The Balaban J connectivity index is 0.000000250. The van der Waals surface area contributed by atoms with Gasteiger partial charge < -0.3 is 4.74 Å². The summed E-state index contributed by atoms with van der Waals surface area (Å²) in [4.78, 5) is 0. The van der Waals surface area contributed by atoms with E-state index in [0.29, 0.717) is 0 Å². The first kappa shape index (κ1) is 5.92. The van der Waals surface area contributed by atoms with Crippen molar-refractivity contribution in [2.24, 2.45) is 0 Å². The molecule has 36 valence electrons. The summed E-state index contributed by atoms with van der Waals surface area (Å²) in [5, 5.41) is 0. The van der Waals surface area contributed by atoms with Crippen LogP contribution < -0.4 is 0 Å². The molecule has 1 saturated heterocycles. The minimum atomic E-state index is 0. The molecule has 1 heterocycles. The molecule has 1 rings (SSSR count). The lowest BCUT2D eigenvalue weighted by molar-refractivity contribution is 0.198. The van der Waals surface area contributed by atoms with E-state index in [2.05, 4.69) is 0 Å². The standard InChI is InChI=1S/C4H8O.O/c1-2-4-5-3-1;/h1-4H2;. The summed E-state index contributed by atoms with van der Waals surface area (Å²) >= 11 is 0. The Hall–Kier alpha value is -0.0800. The van der Waals surface area contributed by atoms with Gasteiger partial charge in [0.2, 0.25) is 0 Å². The highest BCUT2D eigenvalue weighted by Gasteiger charge is 1.94. The monoisotopic (exact) mass is 88.1 g/mol. The molecule has 0 unspecified atom stereocenters. The highest BCUT2D eigenvalue weighted by atomic mass is 16.5. The van der Waals surface area contributed by atoms with Crippen molar-refractivity contribution in [3.8, 4) is 0 Å². The molecule has 0 aromatic carbocycles. The lowest BCUT2D eigenvalue weighted by Gasteiger charge is -1.76. The van der Waals surface area contributed by atoms with Crippen LogP contribution >= 0.6 is 0 Å². The molecule has 2 nitrogen and oxygen atoms in total. The fourth-order valence-corrected chi connectivity index (χ4v) is 0.510. The van der Waals surface area contributed by atoms with Crippen molar-refractivity contribution in [3.05, 3.63) is 0 Å². The van der Waals surface area contributed by atoms with Gasteiger partial charge in [0.15, 0.2) is 0 Å². The van der Waals surface area contributed by atoms with Crippen LogP contribution in [0.5, 0.6) is 0 Å². The van der Waals surface area contributed by atoms with Crippen molar-refractivity contribution < 1.29 is 10.2 Å². The first-order valence-electron chi connectivity index (χ1n) is 2.08. The summed E-state index contributed by atoms with van der Waals surface area (Å²) in [5.41, 5.74) is 0. The summed E-state index contributed by atoms with van der Waals surface area (Å²) in [5.74, 6) is 0. The zero-order chi connectivity index (χ0) is 3.54. The summed E-state index contributed by atoms with van der Waals surface area (Å²) in [6, 6.07) is 0. The quantitative estimate of drug-likeness (QED) is 0.429. The van der Waals surface area contributed by atoms with Crippen molar-refractivity contribution in [1.82, 2.24) is 0 Å². The van der Waals surface area contributed by atoms with Gasteiger partial charge in [-0.2, -0.15) is 0 Å². The summed E-state index contributed by atoms with van der Waals surface area (Å²) in [6.07, 6.45) is 2.56. The number of hydrogen-bond acceptors (Lipinski definition) is 1. The number of rotatable bonds is 0. The van der Waals surface area contributed by atoms with Crippen molar-refractivity contribution in [2.75, 3.05) is 13.2 Å². The molecule has 2 heteroatoms. The molecule has 0 bridgehead atoms. The largest absolute Gasteiger partial charge is 0.381 e. The second-order valence-electron chi connectivity index (χ2n) is 1.32. The molecular formula is C4H8O2. The third-order valence-electron chi connectivity index (χ3n) is 0.827. The van der Waals surface area contributed by atoms with Crippen molar-refractivity contribution in [2.45, 2.75) is 12.8 Å². The van der Waals surface area contributed by atoms with E-state index >= 15 is 0 Å². The third-order valence-corrected chi connectivity index (χ3v) is 0.827. The first-order chi connectivity index (χ1) is 2.50. The van der Waals surface area contributed by atoms with Gasteiger partial charge in [0.05, 0.1) is 0 Å². The maximum Gasteiger partial charge on any atom is 0.0466 e. The van der Waals surface area contributed by atoms with E-state index in [9.17, 15) is 0 Å². The lowest BCUT2D eigenvalue weighted by Crippen LogP contribution is -1.74. The highest BCUT2D eigenvalue weighted by molar-refractivity contribution is 4.43. The summed E-state index contributed by atoms with van der Waals surface area (Å²) < 4.78 is 4.94. The van der Waals surface area contributed by atoms with Gasteiger partial charge in [-0.05, 0) is 12.8 Å². The Labute approximate surface area is 37.4 Å². The fourth-order valence-electron chi connectivity index (χ4n) is 0.510. The molecule has 0 aliphatic carbocycles. The van der Waals surface area contributed by atoms with Crippen molar-refractivity contribution in [1.29, 1.82) is 0 Å². The van der Waals surface area contributed by atoms with Crippen LogP contribution in [0.15, 0.2) is 0 Å². The van der Waals surface area contributed by atoms with Gasteiger partial charge in [-0.25, -0.2) is 0 Å². The van der Waals surface area contributed by atoms with Gasteiger partial charge in [0.25, 0.3) is 0 Å². The second kappa shape index (κ2) is 3.12. The fraction of sp³-hybridized carbons (Fsp3) is 1.00. The SMILES string of the molecule is C1CCOC1.[O]. The van der Waals surface area contributed by atoms with Crippen LogP contribution in [-0.4, -0.2) is 13.2 Å². The van der Waals surface area contributed by atoms with E-state index in [1.165, 1.54) is 12.8 Å². The predicted molar refractivity (Wildman–Crippen MR) is 20.7 cm³/mol. The molecule has 0 saturated carbocycles. The van der Waals surface area contributed by atoms with E-state index in [-0.39, 0.29) is 5.48 Å². The van der Waals surface area contributed by atoms with Crippen LogP contribution in [0.25, 0.3) is 0 Å². The van der Waals surface area contributed by atoms with Gasteiger partial charge in [-0.15, -0.1) is 0 Å². The molecule has 6 heavy (non-hydrogen) atoms. The molecule has 0 N–H and O–H groups in total. The molecule has 1 fully saturated rings. The van der Waals surface area contributed by atoms with Gasteiger partial charge in [0.1, 0.15) is 0 Å². The summed E-state index contributed by atoms with van der Waals surface area (Å²) in [6.45, 7) is 2.00. The minimum Gasteiger partial charge on any atom is -0.381 e. The van der Waals surface area contributed by atoms with Crippen LogP contribution in [-0.2, 0) is 10.2 Å². The Bertz CT molecular complexity index is 17.1. The zero-order valence-corrected chi connectivity index (χ0v) is 3.64. The number of ether oxygens (including phenoxy) is 1. The first-order valence-corrected chi connectivity index (χ1v) is 2.08. The van der Waals surface area contributed by atoms with Crippen LogP contribution in [0.3, 0.4) is 0 Å². The smallest absolute Gasteiger partial charge is 0.0466 e. The molecule has 0 amide bonds. The van der Waals surface area contributed by atoms with Crippen LogP contribution in [0.2, 0.25) is 0 Å². The van der Waals surface area contributed by atoms with Crippen molar-refractivity contribution >= 4 is 0 Å². The van der Waals surface area contributed by atoms with E-state index in [0.717, 1.165) is 13.2 Å². The van der Waals surface area contributed by atoms with Crippen LogP contribution in [0.4, 0.5) is 0 Å². The Kier molecular flexibility index (Phi) is 3.08. The molecule has 1 aliphatic rings. The van der Waals surface area contributed by atoms with E-state index < -0.39 is 0 Å². The molecule has 0 spiro atoms. The molecule has 0 atom stereocenters. The maximum absolute atomic E-state index is 4.94. The van der Waals surface area contributed by atoms with Gasteiger partial charge >= 0.3 is 0 Å². The molecule has 0 aromatic rings. The topological polar surface area (TPSA) is 37.7 Å². The maximum atomic E-state index is 4.94. The lowest BCUT2D eigenvalue weighted by atomic mass is 10.4. The molecule has 0 aromatic heterocycles. The van der Waals surface area contributed by atoms with Gasteiger partial charge in [0, 0.05) is 18.7 Å². The Morgan fingerprint density at radius 3 is 1.67 bits per heavy atom. The third kappa shape index (κ3) is 1.38. The highest BCUT2D eigenvalue weighted by Crippen LogP contribution is 1.98. The second-order valence-corrected chi connectivity index (χ2v) is 1.32. The Morgan fingerprint density at radius 2 is 1.50 bits per heavy atom. The Morgan fingerprint density at radius 1 is 1.00 bits per heavy atom. The van der Waals surface area contributed by atoms with Gasteiger partial charge in [-0.1, -0.05) is 0 Å².